The maximum absolute atomic E-state index is 12.5. The van der Waals surface area contributed by atoms with E-state index in [2.05, 4.69) is 39.9 Å². The van der Waals surface area contributed by atoms with Crippen molar-refractivity contribution in [1.82, 2.24) is 9.97 Å². The summed E-state index contributed by atoms with van der Waals surface area (Å²) in [6.07, 6.45) is 10.9. The quantitative estimate of drug-likeness (QED) is 0.212. The lowest BCUT2D eigenvalue weighted by Gasteiger charge is -2.21. The third kappa shape index (κ3) is 6.08. The van der Waals surface area contributed by atoms with E-state index >= 15 is 0 Å². The van der Waals surface area contributed by atoms with Gasteiger partial charge < -0.3 is 16.4 Å². The van der Waals surface area contributed by atoms with Crippen molar-refractivity contribution in [3.05, 3.63) is 78.1 Å². The van der Waals surface area contributed by atoms with Gasteiger partial charge in [-0.1, -0.05) is 61.4 Å². The first-order valence-corrected chi connectivity index (χ1v) is 13.4. The van der Waals surface area contributed by atoms with Crippen LogP contribution in [-0.4, -0.2) is 22.4 Å². The van der Waals surface area contributed by atoms with Gasteiger partial charge in [0.05, 0.1) is 11.2 Å². The summed E-state index contributed by atoms with van der Waals surface area (Å²) in [6, 6.07) is 20.3. The highest BCUT2D eigenvalue weighted by molar-refractivity contribution is 5.94. The summed E-state index contributed by atoms with van der Waals surface area (Å²) < 4.78 is 0. The number of pyridine rings is 2. The number of unbranched alkanes of at least 4 members (excludes halogenated alkanes) is 3. The fourth-order valence-electron chi connectivity index (χ4n) is 5.13. The van der Waals surface area contributed by atoms with E-state index in [1.165, 1.54) is 35.2 Å². The predicted octanol–water partition coefficient (Wildman–Crippen LogP) is 6.76. The normalized spacial score (nSPS) is 12.8. The van der Waals surface area contributed by atoms with Gasteiger partial charge >= 0.3 is 0 Å². The number of fused-ring (bicyclic) bond motifs is 2. The van der Waals surface area contributed by atoms with Crippen LogP contribution in [0.3, 0.4) is 0 Å². The van der Waals surface area contributed by atoms with Gasteiger partial charge in [-0.05, 0) is 61.8 Å². The zero-order chi connectivity index (χ0) is 25.5. The van der Waals surface area contributed by atoms with Crippen molar-refractivity contribution in [2.45, 2.75) is 57.8 Å². The fourth-order valence-corrected chi connectivity index (χ4v) is 5.13. The van der Waals surface area contributed by atoms with Crippen LogP contribution in [0.15, 0.2) is 66.9 Å². The van der Waals surface area contributed by atoms with Crippen LogP contribution in [-0.2, 0) is 17.6 Å². The number of hydrogen-bond donors (Lipinski definition) is 3. The molecule has 5 rings (SSSR count). The highest BCUT2D eigenvalue weighted by Gasteiger charge is 2.17. The van der Waals surface area contributed by atoms with Gasteiger partial charge in [-0.2, -0.15) is 0 Å². The number of anilines is 3. The zero-order valence-corrected chi connectivity index (χ0v) is 21.3. The summed E-state index contributed by atoms with van der Waals surface area (Å²) in [7, 11) is 0. The number of nitrogens with one attached hydrogen (secondary N) is 2. The lowest BCUT2D eigenvalue weighted by atomic mass is 9.92. The molecule has 6 nitrogen and oxygen atoms in total. The van der Waals surface area contributed by atoms with Gasteiger partial charge in [0.25, 0.3) is 0 Å². The van der Waals surface area contributed by atoms with Gasteiger partial charge in [0.1, 0.15) is 5.82 Å². The van der Waals surface area contributed by atoms with E-state index in [0.717, 1.165) is 61.7 Å². The molecule has 4 N–H and O–H groups in total. The Morgan fingerprint density at radius 2 is 1.68 bits per heavy atom. The van der Waals surface area contributed by atoms with Crippen molar-refractivity contribution < 1.29 is 4.79 Å². The molecule has 0 unspecified atom stereocenters. The highest BCUT2D eigenvalue weighted by Crippen LogP contribution is 2.33. The minimum Gasteiger partial charge on any atom is -0.384 e. The van der Waals surface area contributed by atoms with Crippen molar-refractivity contribution in [3.8, 4) is 11.1 Å². The van der Waals surface area contributed by atoms with Crippen molar-refractivity contribution in [1.29, 1.82) is 0 Å². The Kier molecular flexibility index (Phi) is 7.94. The zero-order valence-electron chi connectivity index (χ0n) is 21.3. The Labute approximate surface area is 218 Å². The number of para-hydroxylation sites is 1. The third-order valence-corrected chi connectivity index (χ3v) is 7.10. The van der Waals surface area contributed by atoms with Gasteiger partial charge in [0.15, 0.2) is 0 Å². The van der Waals surface area contributed by atoms with Crippen LogP contribution in [0.25, 0.3) is 22.0 Å². The molecule has 0 fully saturated rings. The monoisotopic (exact) mass is 493 g/mol. The average Bonchev–Trinajstić information content (AvgIpc) is 2.93. The van der Waals surface area contributed by atoms with Crippen molar-refractivity contribution >= 4 is 34.0 Å². The molecule has 0 aliphatic heterocycles. The molecule has 4 aromatic rings. The number of carbonyl (C=O) groups excluding carboxylic acids is 1. The minimum absolute atomic E-state index is 0.0216. The van der Waals surface area contributed by atoms with Crippen LogP contribution in [0.1, 0.15) is 56.2 Å². The van der Waals surface area contributed by atoms with Gasteiger partial charge in [-0.25, -0.2) is 4.98 Å². The second kappa shape index (κ2) is 11.9. The van der Waals surface area contributed by atoms with Crippen molar-refractivity contribution in [2.24, 2.45) is 0 Å². The van der Waals surface area contributed by atoms with Crippen LogP contribution >= 0.6 is 0 Å². The molecule has 0 atom stereocenters. The van der Waals surface area contributed by atoms with Crippen LogP contribution in [0.2, 0.25) is 0 Å². The lowest BCUT2D eigenvalue weighted by molar-refractivity contribution is -0.116. The molecule has 1 aliphatic carbocycles. The highest BCUT2D eigenvalue weighted by atomic mass is 16.1. The molecule has 0 saturated heterocycles. The topological polar surface area (TPSA) is 92.9 Å². The van der Waals surface area contributed by atoms with E-state index in [4.69, 9.17) is 10.7 Å². The SMILES string of the molecule is Nc1ncc(-c2ccccc2)cc1NC(=O)CCCCCCNc1c2c(nc3ccccc13)CCCC2. The van der Waals surface area contributed by atoms with Gasteiger partial charge in [0, 0.05) is 41.5 Å². The van der Waals surface area contributed by atoms with Gasteiger partial charge in [-0.15, -0.1) is 0 Å². The fraction of sp³-hybridized carbons (Fsp3) is 0.323. The number of benzene rings is 2. The van der Waals surface area contributed by atoms with E-state index in [9.17, 15) is 4.79 Å². The number of amides is 1. The summed E-state index contributed by atoms with van der Waals surface area (Å²) in [5.41, 5.74) is 13.6. The Balaban J connectivity index is 1.07. The molecule has 6 heteroatoms. The Morgan fingerprint density at radius 3 is 2.57 bits per heavy atom. The summed E-state index contributed by atoms with van der Waals surface area (Å²) in [4.78, 5) is 21.7. The molecule has 2 heterocycles. The standard InChI is InChI=1S/C31H35N5O/c32-31-28(20-23(21-34-31)22-12-4-3-5-13-22)36-29(37)18-6-1-2-11-19-33-30-24-14-7-9-16-26(24)35-27-17-10-8-15-25(27)30/h3-5,7,9,12-14,16,20-21H,1-2,6,8,10-11,15,17-19H2,(H2,32,34)(H,33,35)(H,36,37). The van der Waals surface area contributed by atoms with E-state index in [-0.39, 0.29) is 5.91 Å². The van der Waals surface area contributed by atoms with Crippen LogP contribution < -0.4 is 16.4 Å². The largest absolute Gasteiger partial charge is 0.384 e. The molecule has 0 radical (unpaired) electrons. The van der Waals surface area contributed by atoms with Gasteiger partial charge in [-0.3, -0.25) is 9.78 Å². The molecule has 37 heavy (non-hydrogen) atoms. The Bertz CT molecular complexity index is 1370. The van der Waals surface area contributed by atoms with Gasteiger partial charge in [0.2, 0.25) is 5.91 Å². The molecular formula is C31H35N5O. The number of nitrogens with two attached hydrogens (primary N) is 1. The third-order valence-electron chi connectivity index (χ3n) is 7.10. The van der Waals surface area contributed by atoms with Crippen LogP contribution in [0.4, 0.5) is 17.2 Å². The molecule has 0 saturated carbocycles. The molecule has 1 amide bonds. The van der Waals surface area contributed by atoms with E-state index in [1.54, 1.807) is 6.20 Å². The summed E-state index contributed by atoms with van der Waals surface area (Å²) in [5.74, 6) is 0.316. The predicted molar refractivity (Wildman–Crippen MR) is 153 cm³/mol. The molecule has 2 aromatic heterocycles. The van der Waals surface area contributed by atoms with Crippen LogP contribution in [0, 0.1) is 0 Å². The number of hydrogen-bond acceptors (Lipinski definition) is 5. The number of nitrogen functional groups attached to an aromatic ring is 1. The molecule has 190 valence electrons. The molecular weight excluding hydrogens is 458 g/mol. The number of rotatable bonds is 10. The van der Waals surface area contributed by atoms with E-state index in [0.29, 0.717) is 17.9 Å². The van der Waals surface area contributed by atoms with Crippen molar-refractivity contribution in [3.63, 3.8) is 0 Å². The lowest BCUT2D eigenvalue weighted by Crippen LogP contribution is -2.13. The second-order valence-corrected chi connectivity index (χ2v) is 9.80. The maximum atomic E-state index is 12.5. The molecule has 0 bridgehead atoms. The molecule has 1 aliphatic rings. The number of nitrogens with zero attached hydrogens (tertiary/aromatic N) is 2. The summed E-state index contributed by atoms with van der Waals surface area (Å²) in [5, 5.41) is 7.90. The Morgan fingerprint density at radius 1 is 0.892 bits per heavy atom. The number of aryl methyl sites for hydroxylation is 1. The molecule has 0 spiro atoms. The molecule has 2 aromatic carbocycles. The van der Waals surface area contributed by atoms with Crippen LogP contribution in [0.5, 0.6) is 0 Å². The first kappa shape index (κ1) is 24.8. The maximum Gasteiger partial charge on any atom is 0.224 e. The van der Waals surface area contributed by atoms with E-state index in [1.807, 2.05) is 36.4 Å². The summed E-state index contributed by atoms with van der Waals surface area (Å²) in [6.45, 7) is 0.932. The van der Waals surface area contributed by atoms with Crippen molar-refractivity contribution in [2.75, 3.05) is 22.9 Å². The number of carbonyl (C=O) groups is 1. The first-order chi connectivity index (χ1) is 18.2. The van der Waals surface area contributed by atoms with E-state index < -0.39 is 0 Å². The minimum atomic E-state index is -0.0216. The number of aromatic nitrogens is 2. The Hall–Kier alpha value is -3.93. The smallest absolute Gasteiger partial charge is 0.224 e. The first-order valence-electron chi connectivity index (χ1n) is 13.4. The summed E-state index contributed by atoms with van der Waals surface area (Å²) >= 11 is 0. The second-order valence-electron chi connectivity index (χ2n) is 9.80. The average molecular weight is 494 g/mol.